The maximum atomic E-state index is 11.7. The number of sulfone groups is 1. The van der Waals surface area contributed by atoms with Gasteiger partial charge in [-0.15, -0.1) is 0 Å². The van der Waals surface area contributed by atoms with Crippen molar-refractivity contribution in [1.82, 2.24) is 5.32 Å². The van der Waals surface area contributed by atoms with E-state index in [0.29, 0.717) is 22.0 Å². The third-order valence-electron chi connectivity index (χ3n) is 2.95. The Hall–Kier alpha value is -1.04. The van der Waals surface area contributed by atoms with Crippen molar-refractivity contribution in [3.05, 3.63) is 39.9 Å². The molecule has 1 amide bonds. The number of benzene rings is 1. The zero-order chi connectivity index (χ0) is 14.8. The lowest BCUT2D eigenvalue weighted by Gasteiger charge is -2.08. The SMILES string of the molecule is O=C(/C=C/c1cc(Cl)ccc1Cl)NC1CCS(=O)(=O)C1. The van der Waals surface area contributed by atoms with E-state index in [-0.39, 0.29) is 23.5 Å². The van der Waals surface area contributed by atoms with Gasteiger partial charge in [0, 0.05) is 22.2 Å². The molecule has 1 aromatic carbocycles. The molecule has 0 radical (unpaired) electrons. The Labute approximate surface area is 127 Å². The van der Waals surface area contributed by atoms with E-state index in [4.69, 9.17) is 23.2 Å². The first-order chi connectivity index (χ1) is 9.35. The third-order valence-corrected chi connectivity index (χ3v) is 5.30. The number of nitrogens with one attached hydrogen (secondary N) is 1. The number of amides is 1. The smallest absolute Gasteiger partial charge is 0.244 e. The van der Waals surface area contributed by atoms with E-state index in [2.05, 4.69) is 5.32 Å². The van der Waals surface area contributed by atoms with Crippen molar-refractivity contribution in [2.75, 3.05) is 11.5 Å². The minimum Gasteiger partial charge on any atom is -0.349 e. The summed E-state index contributed by atoms with van der Waals surface area (Å²) in [6.07, 6.45) is 3.33. The normalized spacial score (nSPS) is 21.2. The maximum absolute atomic E-state index is 11.7. The number of halogens is 2. The number of carbonyl (C=O) groups excluding carboxylic acids is 1. The topological polar surface area (TPSA) is 63.2 Å². The summed E-state index contributed by atoms with van der Waals surface area (Å²) in [4.78, 5) is 11.7. The molecule has 1 saturated heterocycles. The fourth-order valence-corrected chi connectivity index (χ4v) is 4.00. The fourth-order valence-electron chi connectivity index (χ4n) is 1.97. The molecule has 1 unspecified atom stereocenters. The summed E-state index contributed by atoms with van der Waals surface area (Å²) in [5.41, 5.74) is 0.633. The molecular weight excluding hydrogens is 321 g/mol. The van der Waals surface area contributed by atoms with Crippen molar-refractivity contribution in [2.45, 2.75) is 12.5 Å². The van der Waals surface area contributed by atoms with Gasteiger partial charge in [0.25, 0.3) is 0 Å². The molecule has 1 N–H and O–H groups in total. The van der Waals surface area contributed by atoms with Crippen LogP contribution in [-0.4, -0.2) is 31.9 Å². The van der Waals surface area contributed by atoms with Crippen LogP contribution in [0.3, 0.4) is 0 Å². The van der Waals surface area contributed by atoms with Crippen molar-refractivity contribution in [3.63, 3.8) is 0 Å². The van der Waals surface area contributed by atoms with Gasteiger partial charge in [-0.3, -0.25) is 4.79 Å². The fraction of sp³-hybridized carbons (Fsp3) is 0.308. The summed E-state index contributed by atoms with van der Waals surface area (Å²) in [7, 11) is -3.00. The summed E-state index contributed by atoms with van der Waals surface area (Å²) in [6.45, 7) is 0. The molecule has 1 aliphatic rings. The van der Waals surface area contributed by atoms with Gasteiger partial charge in [0.2, 0.25) is 5.91 Å². The van der Waals surface area contributed by atoms with Gasteiger partial charge in [-0.2, -0.15) is 0 Å². The second kappa shape index (κ2) is 6.16. The average Bonchev–Trinajstić information content (AvgIpc) is 2.70. The molecule has 1 atom stereocenters. The lowest BCUT2D eigenvalue weighted by atomic mass is 10.2. The highest BCUT2D eigenvalue weighted by Crippen LogP contribution is 2.21. The van der Waals surface area contributed by atoms with Crippen molar-refractivity contribution < 1.29 is 13.2 Å². The largest absolute Gasteiger partial charge is 0.349 e. The van der Waals surface area contributed by atoms with E-state index >= 15 is 0 Å². The minimum atomic E-state index is -3.00. The van der Waals surface area contributed by atoms with Crippen LogP contribution in [0.5, 0.6) is 0 Å². The van der Waals surface area contributed by atoms with Gasteiger partial charge in [0.05, 0.1) is 11.5 Å². The summed E-state index contributed by atoms with van der Waals surface area (Å²) in [5, 5.41) is 3.67. The molecule has 2 rings (SSSR count). The zero-order valence-electron chi connectivity index (χ0n) is 10.5. The average molecular weight is 334 g/mol. The summed E-state index contributed by atoms with van der Waals surface area (Å²) >= 11 is 11.8. The van der Waals surface area contributed by atoms with Gasteiger partial charge in [-0.1, -0.05) is 23.2 Å². The molecule has 108 valence electrons. The van der Waals surface area contributed by atoms with Gasteiger partial charge in [0.1, 0.15) is 0 Å². The number of hydrogen-bond donors (Lipinski definition) is 1. The first kappa shape index (κ1) is 15.4. The van der Waals surface area contributed by atoms with Crippen molar-refractivity contribution in [3.8, 4) is 0 Å². The van der Waals surface area contributed by atoms with E-state index in [1.807, 2.05) is 0 Å². The molecule has 0 spiro atoms. The highest BCUT2D eigenvalue weighted by atomic mass is 35.5. The Balaban J connectivity index is 1.98. The van der Waals surface area contributed by atoms with Crippen LogP contribution in [0.15, 0.2) is 24.3 Å². The van der Waals surface area contributed by atoms with Crippen molar-refractivity contribution >= 4 is 45.0 Å². The number of rotatable bonds is 3. The van der Waals surface area contributed by atoms with Gasteiger partial charge < -0.3 is 5.32 Å². The molecule has 7 heteroatoms. The van der Waals surface area contributed by atoms with Gasteiger partial charge >= 0.3 is 0 Å². The summed E-state index contributed by atoms with van der Waals surface area (Å²) in [6, 6.07) is 4.63. The lowest BCUT2D eigenvalue weighted by Crippen LogP contribution is -2.34. The molecule has 1 heterocycles. The quantitative estimate of drug-likeness (QED) is 0.863. The molecule has 1 fully saturated rings. The number of hydrogen-bond acceptors (Lipinski definition) is 3. The minimum absolute atomic E-state index is 0.00447. The Morgan fingerprint density at radius 1 is 1.35 bits per heavy atom. The number of carbonyl (C=O) groups is 1. The van der Waals surface area contributed by atoms with E-state index in [0.717, 1.165) is 0 Å². The van der Waals surface area contributed by atoms with Gasteiger partial charge in [-0.25, -0.2) is 8.42 Å². The van der Waals surface area contributed by atoms with Crippen LogP contribution in [0, 0.1) is 0 Å². The van der Waals surface area contributed by atoms with Crippen LogP contribution >= 0.6 is 23.2 Å². The van der Waals surface area contributed by atoms with E-state index in [9.17, 15) is 13.2 Å². The van der Waals surface area contributed by atoms with Gasteiger partial charge in [0.15, 0.2) is 9.84 Å². The maximum Gasteiger partial charge on any atom is 0.244 e. The summed E-state index contributed by atoms with van der Waals surface area (Å²) < 4.78 is 22.6. The van der Waals surface area contributed by atoms with Crippen molar-refractivity contribution in [2.24, 2.45) is 0 Å². The molecule has 1 aromatic rings. The second-order valence-corrected chi connectivity index (χ2v) is 7.68. The monoisotopic (exact) mass is 333 g/mol. The van der Waals surface area contributed by atoms with E-state index in [1.54, 1.807) is 24.3 Å². The molecule has 1 aliphatic heterocycles. The zero-order valence-corrected chi connectivity index (χ0v) is 12.8. The molecule has 4 nitrogen and oxygen atoms in total. The van der Waals surface area contributed by atoms with Crippen LogP contribution in [-0.2, 0) is 14.6 Å². The second-order valence-electron chi connectivity index (χ2n) is 4.61. The molecule has 0 bridgehead atoms. The highest BCUT2D eigenvalue weighted by molar-refractivity contribution is 7.91. The predicted molar refractivity (Wildman–Crippen MR) is 80.7 cm³/mol. The van der Waals surface area contributed by atoms with Crippen LogP contribution < -0.4 is 5.32 Å². The Kier molecular flexibility index (Phi) is 4.73. The Morgan fingerprint density at radius 2 is 2.10 bits per heavy atom. The first-order valence-corrected chi connectivity index (χ1v) is 8.57. The van der Waals surface area contributed by atoms with Crippen molar-refractivity contribution in [1.29, 1.82) is 0 Å². The molecule has 20 heavy (non-hydrogen) atoms. The molecular formula is C13H13Cl2NO3S. The van der Waals surface area contributed by atoms with Gasteiger partial charge in [-0.05, 0) is 36.3 Å². The van der Waals surface area contributed by atoms with Crippen LogP contribution in [0.25, 0.3) is 6.08 Å². The van der Waals surface area contributed by atoms with Crippen LogP contribution in [0.2, 0.25) is 10.0 Å². The standard InChI is InChI=1S/C13H13Cl2NO3S/c14-10-2-3-12(15)9(7-10)1-4-13(17)16-11-5-6-20(18,19)8-11/h1-4,7,11H,5-6,8H2,(H,16,17)/b4-1+. The highest BCUT2D eigenvalue weighted by Gasteiger charge is 2.28. The third kappa shape index (κ3) is 4.23. The lowest BCUT2D eigenvalue weighted by molar-refractivity contribution is -0.116. The predicted octanol–water partition coefficient (Wildman–Crippen LogP) is 2.31. The van der Waals surface area contributed by atoms with Crippen LogP contribution in [0.1, 0.15) is 12.0 Å². The Bertz CT molecular complexity index is 656. The van der Waals surface area contributed by atoms with E-state index < -0.39 is 9.84 Å². The summed E-state index contributed by atoms with van der Waals surface area (Å²) in [5.74, 6) is -0.213. The van der Waals surface area contributed by atoms with Crippen LogP contribution in [0.4, 0.5) is 0 Å². The Morgan fingerprint density at radius 3 is 2.75 bits per heavy atom. The molecule has 0 aromatic heterocycles. The first-order valence-electron chi connectivity index (χ1n) is 6.00. The molecule has 0 saturated carbocycles. The molecule has 0 aliphatic carbocycles. The van der Waals surface area contributed by atoms with E-state index in [1.165, 1.54) is 6.08 Å².